The number of carbonyl (C=O) groups excluding carboxylic acids is 1. The van der Waals surface area contributed by atoms with Crippen LogP contribution in [0.15, 0.2) is 59.8 Å². The molecule has 2 heterocycles. The Morgan fingerprint density at radius 1 is 1.28 bits per heavy atom. The molecule has 0 spiro atoms. The van der Waals surface area contributed by atoms with Crippen molar-refractivity contribution in [2.24, 2.45) is 0 Å². The first-order chi connectivity index (χ1) is 15.5. The molecule has 1 atom stereocenters. The topological polar surface area (TPSA) is 101 Å². The molecule has 1 amide bonds. The molecular weight excluding hydrogens is 521 g/mol. The first-order valence-electron chi connectivity index (χ1n) is 10.2. The summed E-state index contributed by atoms with van der Waals surface area (Å²) in [4.78, 5) is 18.0. The van der Waals surface area contributed by atoms with Gasteiger partial charge < -0.3 is 20.5 Å². The average molecular weight is 545 g/mol. The monoisotopic (exact) mass is 545 g/mol. The predicted molar refractivity (Wildman–Crippen MR) is 131 cm³/mol. The molecule has 9 heteroatoms. The minimum absolute atomic E-state index is 0.0670. The number of amides is 1. The highest BCUT2D eigenvalue weighted by molar-refractivity contribution is 14.1. The minimum atomic E-state index is -0.486. The Hall–Kier alpha value is -2.92. The van der Waals surface area contributed by atoms with E-state index >= 15 is 0 Å². The third-order valence-electron chi connectivity index (χ3n) is 5.21. The van der Waals surface area contributed by atoms with E-state index in [0.717, 1.165) is 9.13 Å². The van der Waals surface area contributed by atoms with E-state index in [2.05, 4.69) is 43.3 Å². The van der Waals surface area contributed by atoms with Crippen LogP contribution in [0.3, 0.4) is 0 Å². The van der Waals surface area contributed by atoms with Gasteiger partial charge in [-0.2, -0.15) is 10.1 Å². The zero-order chi connectivity index (χ0) is 22.7. The van der Waals surface area contributed by atoms with Crippen molar-refractivity contribution in [3.8, 4) is 5.75 Å². The van der Waals surface area contributed by atoms with E-state index in [1.165, 1.54) is 0 Å². The molecule has 0 fully saturated rings. The van der Waals surface area contributed by atoms with Crippen LogP contribution in [0.5, 0.6) is 5.75 Å². The van der Waals surface area contributed by atoms with Gasteiger partial charge in [0.1, 0.15) is 11.8 Å². The second-order valence-corrected chi connectivity index (χ2v) is 8.67. The van der Waals surface area contributed by atoms with Gasteiger partial charge in [0.05, 0.1) is 12.7 Å². The number of aromatic nitrogens is 3. The van der Waals surface area contributed by atoms with E-state index in [0.29, 0.717) is 47.3 Å². The van der Waals surface area contributed by atoms with Crippen molar-refractivity contribution in [2.75, 3.05) is 24.4 Å². The van der Waals surface area contributed by atoms with Crippen LogP contribution in [0, 0.1) is 3.57 Å². The molecular formula is C23H24IN5O3. The SMILES string of the molecule is COc1cccc(C2C(C(=O)Nc3ccc(I)cc3)=C(C)Nc3nc(CCCO)nn32)c1. The van der Waals surface area contributed by atoms with Crippen LogP contribution in [0.2, 0.25) is 0 Å². The van der Waals surface area contributed by atoms with Crippen molar-refractivity contribution in [3.63, 3.8) is 0 Å². The van der Waals surface area contributed by atoms with Gasteiger partial charge in [0, 0.05) is 28.0 Å². The molecule has 0 saturated carbocycles. The van der Waals surface area contributed by atoms with Gasteiger partial charge in [-0.05, 0) is 77.9 Å². The molecule has 4 rings (SSSR count). The minimum Gasteiger partial charge on any atom is -0.497 e. The second-order valence-electron chi connectivity index (χ2n) is 7.43. The standard InChI is InChI=1S/C23H24IN5O3/c1-14-20(22(31)26-17-10-8-16(24)9-11-17)21(15-5-3-6-18(13-15)32-2)29-23(25-14)27-19(28-29)7-4-12-30/h3,5-6,8-11,13,21,30H,4,7,12H2,1-2H3,(H,26,31)(H,25,27,28). The molecule has 3 aromatic rings. The first kappa shape index (κ1) is 22.3. The number of carbonyl (C=O) groups is 1. The molecule has 1 aliphatic rings. The van der Waals surface area contributed by atoms with E-state index in [-0.39, 0.29) is 12.5 Å². The number of fused-ring (bicyclic) bond motifs is 1. The van der Waals surface area contributed by atoms with Crippen molar-refractivity contribution < 1.29 is 14.6 Å². The van der Waals surface area contributed by atoms with Crippen molar-refractivity contribution >= 4 is 40.1 Å². The molecule has 0 saturated heterocycles. The molecule has 3 N–H and O–H groups in total. The lowest BCUT2D eigenvalue weighted by Crippen LogP contribution is -2.31. The number of aryl methyl sites for hydroxylation is 1. The summed E-state index contributed by atoms with van der Waals surface area (Å²) in [6, 6.07) is 14.8. The van der Waals surface area contributed by atoms with Gasteiger partial charge in [-0.25, -0.2) is 4.68 Å². The largest absolute Gasteiger partial charge is 0.497 e. The number of rotatable bonds is 7. The summed E-state index contributed by atoms with van der Waals surface area (Å²) < 4.78 is 8.24. The Morgan fingerprint density at radius 2 is 2.06 bits per heavy atom. The first-order valence-corrected chi connectivity index (χ1v) is 11.3. The molecule has 166 valence electrons. The van der Waals surface area contributed by atoms with Gasteiger partial charge >= 0.3 is 0 Å². The number of anilines is 2. The Kier molecular flexibility index (Phi) is 6.75. The number of benzene rings is 2. The molecule has 8 nitrogen and oxygen atoms in total. The fraction of sp³-hybridized carbons (Fsp3) is 0.261. The van der Waals surface area contributed by atoms with Crippen LogP contribution < -0.4 is 15.4 Å². The quantitative estimate of drug-likeness (QED) is 0.391. The maximum atomic E-state index is 13.5. The average Bonchev–Trinajstić information content (AvgIpc) is 3.20. The van der Waals surface area contributed by atoms with Crippen LogP contribution in [0.25, 0.3) is 0 Å². The van der Waals surface area contributed by atoms with Crippen LogP contribution in [0.4, 0.5) is 11.6 Å². The van der Waals surface area contributed by atoms with Gasteiger partial charge in [0.2, 0.25) is 5.95 Å². The summed E-state index contributed by atoms with van der Waals surface area (Å²) in [5, 5.41) is 20.1. The number of allylic oxidation sites excluding steroid dienone is 1. The van der Waals surface area contributed by atoms with Crippen molar-refractivity contribution in [1.29, 1.82) is 0 Å². The molecule has 0 radical (unpaired) electrons. The lowest BCUT2D eigenvalue weighted by molar-refractivity contribution is -0.113. The molecule has 0 bridgehead atoms. The summed E-state index contributed by atoms with van der Waals surface area (Å²) in [5.41, 5.74) is 2.82. The maximum Gasteiger partial charge on any atom is 0.255 e. The van der Waals surface area contributed by atoms with Crippen LogP contribution in [0.1, 0.15) is 30.8 Å². The molecule has 1 aromatic heterocycles. The number of ether oxygens (including phenoxy) is 1. The van der Waals surface area contributed by atoms with Crippen molar-refractivity contribution in [2.45, 2.75) is 25.8 Å². The van der Waals surface area contributed by atoms with Crippen LogP contribution >= 0.6 is 22.6 Å². The zero-order valence-corrected chi connectivity index (χ0v) is 20.0. The normalized spacial score (nSPS) is 15.2. The van der Waals surface area contributed by atoms with Crippen LogP contribution in [-0.4, -0.2) is 39.5 Å². The Labute approximate surface area is 199 Å². The lowest BCUT2D eigenvalue weighted by Gasteiger charge is -2.29. The summed E-state index contributed by atoms with van der Waals surface area (Å²) in [6.45, 7) is 1.93. The number of aliphatic hydroxyl groups is 1. The number of methoxy groups -OCH3 is 1. The lowest BCUT2D eigenvalue weighted by atomic mass is 9.95. The van der Waals surface area contributed by atoms with E-state index in [1.807, 2.05) is 55.5 Å². The smallest absolute Gasteiger partial charge is 0.255 e. The van der Waals surface area contributed by atoms with Gasteiger partial charge in [-0.1, -0.05) is 12.1 Å². The number of aliphatic hydroxyl groups excluding tert-OH is 1. The zero-order valence-electron chi connectivity index (χ0n) is 17.8. The summed E-state index contributed by atoms with van der Waals surface area (Å²) in [7, 11) is 1.61. The molecule has 1 aliphatic heterocycles. The van der Waals surface area contributed by atoms with Crippen molar-refractivity contribution in [3.05, 3.63) is 74.8 Å². The Bertz CT molecular complexity index is 1160. The van der Waals surface area contributed by atoms with Crippen LogP contribution in [-0.2, 0) is 11.2 Å². The Morgan fingerprint density at radius 3 is 2.78 bits per heavy atom. The Balaban J connectivity index is 1.76. The predicted octanol–water partition coefficient (Wildman–Crippen LogP) is 3.74. The van der Waals surface area contributed by atoms with Gasteiger partial charge in [0.25, 0.3) is 5.91 Å². The summed E-state index contributed by atoms with van der Waals surface area (Å²) >= 11 is 2.23. The van der Waals surface area contributed by atoms with Gasteiger partial charge in [0.15, 0.2) is 5.82 Å². The van der Waals surface area contributed by atoms with E-state index in [9.17, 15) is 9.90 Å². The van der Waals surface area contributed by atoms with E-state index in [4.69, 9.17) is 4.74 Å². The van der Waals surface area contributed by atoms with E-state index < -0.39 is 6.04 Å². The number of nitrogens with zero attached hydrogens (tertiary/aromatic N) is 3. The van der Waals surface area contributed by atoms with Crippen molar-refractivity contribution in [1.82, 2.24) is 14.8 Å². The number of halogens is 1. The number of hydrogen-bond donors (Lipinski definition) is 3. The fourth-order valence-electron chi connectivity index (χ4n) is 3.68. The summed E-state index contributed by atoms with van der Waals surface area (Å²) in [5.74, 6) is 1.65. The molecule has 32 heavy (non-hydrogen) atoms. The highest BCUT2D eigenvalue weighted by Gasteiger charge is 2.34. The third-order valence-corrected chi connectivity index (χ3v) is 5.93. The molecule has 0 aliphatic carbocycles. The van der Waals surface area contributed by atoms with E-state index in [1.54, 1.807) is 11.8 Å². The fourth-order valence-corrected chi connectivity index (χ4v) is 4.04. The number of nitrogens with one attached hydrogen (secondary N) is 2. The highest BCUT2D eigenvalue weighted by Crippen LogP contribution is 2.36. The molecule has 2 aromatic carbocycles. The summed E-state index contributed by atoms with van der Waals surface area (Å²) in [6.07, 6.45) is 1.12. The van der Waals surface area contributed by atoms with Gasteiger partial charge in [-0.3, -0.25) is 4.79 Å². The third kappa shape index (κ3) is 4.63. The maximum absolute atomic E-state index is 13.5. The molecule has 1 unspecified atom stereocenters. The number of hydrogen-bond acceptors (Lipinski definition) is 6. The van der Waals surface area contributed by atoms with Gasteiger partial charge in [-0.15, -0.1) is 0 Å². The second kappa shape index (κ2) is 9.70. The highest BCUT2D eigenvalue weighted by atomic mass is 127.